The molecule has 1 aromatic heterocycles. The van der Waals surface area contributed by atoms with Gasteiger partial charge in [-0.1, -0.05) is 24.3 Å². The summed E-state index contributed by atoms with van der Waals surface area (Å²) in [6.07, 6.45) is 0. The second kappa shape index (κ2) is 9.07. The first-order chi connectivity index (χ1) is 14.0. The fourth-order valence-electron chi connectivity index (χ4n) is 2.88. The van der Waals surface area contributed by atoms with Gasteiger partial charge in [-0.25, -0.2) is 14.2 Å². The number of amides is 3. The number of halogens is 1. The highest BCUT2D eigenvalue weighted by Crippen LogP contribution is 2.11. The molecule has 1 atom stereocenters. The van der Waals surface area contributed by atoms with Crippen LogP contribution in [0.15, 0.2) is 53.3 Å². The van der Waals surface area contributed by atoms with Gasteiger partial charge in [0.1, 0.15) is 12.4 Å². The molecule has 9 heteroatoms. The lowest BCUT2D eigenvalue weighted by atomic mass is 10.2. The van der Waals surface area contributed by atoms with E-state index in [4.69, 9.17) is 0 Å². The Labute approximate surface area is 165 Å². The number of hydrogen-bond acceptors (Lipinski definition) is 4. The van der Waals surface area contributed by atoms with E-state index in [1.54, 1.807) is 30.3 Å². The van der Waals surface area contributed by atoms with Crippen LogP contribution in [0.3, 0.4) is 0 Å². The molecule has 8 nitrogen and oxygen atoms in total. The summed E-state index contributed by atoms with van der Waals surface area (Å²) in [5.41, 5.74) is 0.320. The largest absolute Gasteiger partial charge is 0.326 e. The molecular formula is C20H21FN5O3+. The van der Waals surface area contributed by atoms with Gasteiger partial charge in [0, 0.05) is 0 Å². The van der Waals surface area contributed by atoms with Gasteiger partial charge in [-0.15, -0.1) is 0 Å². The number of quaternary nitrogens is 1. The Bertz CT molecular complexity index is 1100. The van der Waals surface area contributed by atoms with Crippen LogP contribution in [0.1, 0.15) is 12.7 Å². The molecule has 0 aliphatic heterocycles. The van der Waals surface area contributed by atoms with Crippen molar-refractivity contribution in [1.82, 2.24) is 15.3 Å². The third-order valence-electron chi connectivity index (χ3n) is 4.36. The Balaban J connectivity index is 1.61. The molecule has 0 spiro atoms. The Morgan fingerprint density at radius 3 is 2.62 bits per heavy atom. The highest BCUT2D eigenvalue weighted by atomic mass is 19.1. The monoisotopic (exact) mass is 398 g/mol. The van der Waals surface area contributed by atoms with Crippen LogP contribution in [0.4, 0.5) is 14.9 Å². The molecule has 0 radical (unpaired) electrons. The number of benzene rings is 2. The maximum atomic E-state index is 13.6. The molecule has 3 aromatic rings. The van der Waals surface area contributed by atoms with Crippen molar-refractivity contribution >= 4 is 28.5 Å². The number of hydrogen-bond donors (Lipinski definition) is 4. The molecule has 1 unspecified atom stereocenters. The Morgan fingerprint density at radius 1 is 1.14 bits per heavy atom. The summed E-state index contributed by atoms with van der Waals surface area (Å²) in [6, 6.07) is 11.9. The number of urea groups is 1. The minimum atomic E-state index is -0.812. The average molecular weight is 398 g/mol. The van der Waals surface area contributed by atoms with Crippen molar-refractivity contribution in [1.29, 1.82) is 0 Å². The van der Waals surface area contributed by atoms with Gasteiger partial charge in [0.2, 0.25) is 0 Å². The molecule has 0 aliphatic carbocycles. The quantitative estimate of drug-likeness (QED) is 0.493. The van der Waals surface area contributed by atoms with Gasteiger partial charge < -0.3 is 15.2 Å². The summed E-state index contributed by atoms with van der Waals surface area (Å²) in [4.78, 5) is 44.2. The molecule has 2 aromatic carbocycles. The third kappa shape index (κ3) is 5.23. The van der Waals surface area contributed by atoms with E-state index in [2.05, 4.69) is 20.6 Å². The second-order valence-electron chi connectivity index (χ2n) is 6.47. The lowest BCUT2D eigenvalue weighted by Gasteiger charge is -2.16. The summed E-state index contributed by atoms with van der Waals surface area (Å²) < 4.78 is 13.6. The van der Waals surface area contributed by atoms with E-state index in [1.807, 2.05) is 6.92 Å². The van der Waals surface area contributed by atoms with Crippen molar-refractivity contribution in [3.8, 4) is 0 Å². The third-order valence-corrected chi connectivity index (χ3v) is 4.36. The standard InChI is InChI=1S/C20H20FN5O3/c1-2-26(11-17-22-15-9-5-3-7-13(15)19(28)24-17)12-18(27)25-20(29)23-16-10-6-4-8-14(16)21/h3-10H,2,11-12H2,1H3,(H,22,24,28)(H2,23,25,27,29)/p+1. The van der Waals surface area contributed by atoms with Crippen LogP contribution in [0.25, 0.3) is 10.9 Å². The number of fused-ring (bicyclic) bond motifs is 1. The lowest BCUT2D eigenvalue weighted by molar-refractivity contribution is -0.904. The summed E-state index contributed by atoms with van der Waals surface area (Å²) >= 11 is 0. The van der Waals surface area contributed by atoms with E-state index in [1.165, 1.54) is 18.2 Å². The van der Waals surface area contributed by atoms with Crippen molar-refractivity contribution < 1.29 is 18.9 Å². The zero-order valence-electron chi connectivity index (χ0n) is 15.8. The highest BCUT2D eigenvalue weighted by molar-refractivity contribution is 6.01. The van der Waals surface area contributed by atoms with E-state index < -0.39 is 17.8 Å². The van der Waals surface area contributed by atoms with Crippen LogP contribution in [0, 0.1) is 5.82 Å². The normalized spacial score (nSPS) is 11.8. The molecule has 0 saturated heterocycles. The average Bonchev–Trinajstić information content (AvgIpc) is 2.69. The molecule has 1 heterocycles. The summed E-state index contributed by atoms with van der Waals surface area (Å²) in [6.45, 7) is 2.73. The molecule has 3 amide bonds. The first kappa shape index (κ1) is 20.2. The van der Waals surface area contributed by atoms with E-state index in [-0.39, 0.29) is 17.8 Å². The van der Waals surface area contributed by atoms with Gasteiger partial charge in [-0.05, 0) is 31.2 Å². The fourth-order valence-corrected chi connectivity index (χ4v) is 2.88. The number of carbonyl (C=O) groups is 2. The van der Waals surface area contributed by atoms with Crippen LogP contribution in [0.5, 0.6) is 0 Å². The number of carbonyl (C=O) groups excluding carboxylic acids is 2. The molecule has 29 heavy (non-hydrogen) atoms. The van der Waals surface area contributed by atoms with Crippen molar-refractivity contribution in [2.45, 2.75) is 13.5 Å². The van der Waals surface area contributed by atoms with Crippen LogP contribution >= 0.6 is 0 Å². The summed E-state index contributed by atoms with van der Waals surface area (Å²) in [7, 11) is 0. The predicted molar refractivity (Wildman–Crippen MR) is 106 cm³/mol. The van der Waals surface area contributed by atoms with Crippen molar-refractivity contribution in [2.24, 2.45) is 0 Å². The number of aromatic nitrogens is 2. The van der Waals surface area contributed by atoms with Crippen LogP contribution in [-0.2, 0) is 11.3 Å². The summed E-state index contributed by atoms with van der Waals surface area (Å²) in [5.74, 6) is -0.671. The highest BCUT2D eigenvalue weighted by Gasteiger charge is 2.17. The van der Waals surface area contributed by atoms with Crippen LogP contribution in [0.2, 0.25) is 0 Å². The molecule has 0 bridgehead atoms. The SMILES string of the molecule is CC[NH+](CC(=O)NC(=O)Nc1ccccc1F)Cc1nc2ccccc2c(=O)[nH]1. The first-order valence-corrected chi connectivity index (χ1v) is 9.13. The number of imide groups is 1. The van der Waals surface area contributed by atoms with Crippen molar-refractivity contribution in [2.75, 3.05) is 18.4 Å². The van der Waals surface area contributed by atoms with Gasteiger partial charge >= 0.3 is 6.03 Å². The van der Waals surface area contributed by atoms with E-state index in [0.29, 0.717) is 29.8 Å². The molecular weight excluding hydrogens is 377 g/mol. The predicted octanol–water partition coefficient (Wildman–Crippen LogP) is 0.815. The lowest BCUT2D eigenvalue weighted by Crippen LogP contribution is -3.11. The van der Waals surface area contributed by atoms with Crippen LogP contribution in [-0.4, -0.2) is 35.0 Å². The minimum Gasteiger partial charge on any atom is -0.321 e. The van der Waals surface area contributed by atoms with Gasteiger partial charge in [0.15, 0.2) is 12.4 Å². The van der Waals surface area contributed by atoms with Gasteiger partial charge in [0.05, 0.1) is 23.1 Å². The zero-order valence-corrected chi connectivity index (χ0v) is 15.8. The number of nitrogens with zero attached hydrogens (tertiary/aromatic N) is 1. The van der Waals surface area contributed by atoms with Gasteiger partial charge in [-0.2, -0.15) is 0 Å². The van der Waals surface area contributed by atoms with Crippen molar-refractivity contribution in [3.63, 3.8) is 0 Å². The Hall–Kier alpha value is -3.59. The Morgan fingerprint density at radius 2 is 1.86 bits per heavy atom. The van der Waals surface area contributed by atoms with Gasteiger partial charge in [-0.3, -0.25) is 14.9 Å². The van der Waals surface area contributed by atoms with E-state index >= 15 is 0 Å². The molecule has 3 rings (SSSR count). The molecule has 4 N–H and O–H groups in total. The fraction of sp³-hybridized carbons (Fsp3) is 0.200. The maximum Gasteiger partial charge on any atom is 0.326 e. The number of rotatable bonds is 6. The minimum absolute atomic E-state index is 0.0161. The van der Waals surface area contributed by atoms with E-state index in [0.717, 1.165) is 4.90 Å². The Kier molecular flexibility index (Phi) is 6.30. The number of H-pyrrole nitrogens is 1. The topological polar surface area (TPSA) is 108 Å². The second-order valence-corrected chi connectivity index (χ2v) is 6.47. The summed E-state index contributed by atoms with van der Waals surface area (Å²) in [5, 5.41) is 4.97. The zero-order chi connectivity index (χ0) is 20.8. The molecule has 150 valence electrons. The van der Waals surface area contributed by atoms with Crippen molar-refractivity contribution in [3.05, 3.63) is 70.5 Å². The molecule has 0 fully saturated rings. The number of likely N-dealkylation sites (N-methyl/N-ethyl adjacent to an activating group) is 1. The number of aromatic amines is 1. The number of nitrogens with one attached hydrogen (secondary N) is 4. The smallest absolute Gasteiger partial charge is 0.321 e. The maximum absolute atomic E-state index is 13.6. The van der Waals surface area contributed by atoms with E-state index in [9.17, 15) is 18.8 Å². The number of para-hydroxylation sites is 2. The molecule has 0 saturated carbocycles. The first-order valence-electron chi connectivity index (χ1n) is 9.13. The van der Waals surface area contributed by atoms with Crippen LogP contribution < -0.4 is 21.1 Å². The molecule has 0 aliphatic rings. The van der Waals surface area contributed by atoms with Gasteiger partial charge in [0.25, 0.3) is 11.5 Å². The number of anilines is 1.